The van der Waals surface area contributed by atoms with E-state index in [1.807, 2.05) is 37.3 Å². The molecule has 0 fully saturated rings. The minimum Gasteiger partial charge on any atom is -0.495 e. The molecule has 146 valence electrons. The number of anilines is 1. The number of halogens is 1. The van der Waals surface area contributed by atoms with Crippen LogP contribution in [0, 0.1) is 0 Å². The summed E-state index contributed by atoms with van der Waals surface area (Å²) in [5.74, 6) is 0.698. The summed E-state index contributed by atoms with van der Waals surface area (Å²) in [6.07, 6.45) is 1.20. The molecule has 27 heavy (non-hydrogen) atoms. The summed E-state index contributed by atoms with van der Waals surface area (Å²) < 4.78 is 11.1. The van der Waals surface area contributed by atoms with E-state index in [9.17, 15) is 4.79 Å². The summed E-state index contributed by atoms with van der Waals surface area (Å²) in [7, 11) is 1.60. The van der Waals surface area contributed by atoms with Gasteiger partial charge in [0.05, 0.1) is 18.9 Å². The molecule has 0 aromatic heterocycles. The van der Waals surface area contributed by atoms with Crippen molar-refractivity contribution in [2.24, 2.45) is 0 Å². The summed E-state index contributed by atoms with van der Waals surface area (Å²) in [6.45, 7) is 3.74. The molecule has 0 heterocycles. The van der Waals surface area contributed by atoms with Crippen LogP contribution in [0.2, 0.25) is 5.02 Å². The smallest absolute Gasteiger partial charge is 0.221 e. The Morgan fingerprint density at radius 3 is 2.67 bits per heavy atom. The Morgan fingerprint density at radius 1 is 1.15 bits per heavy atom. The second-order valence-corrected chi connectivity index (χ2v) is 6.59. The number of hydrogen-bond donors (Lipinski definition) is 2. The summed E-state index contributed by atoms with van der Waals surface area (Å²) >= 11 is 5.99. The minimum atomic E-state index is -0.000368. The van der Waals surface area contributed by atoms with Crippen LogP contribution in [0.1, 0.15) is 31.4 Å². The Balaban J connectivity index is 1.58. The van der Waals surface area contributed by atoms with Gasteiger partial charge in [0.2, 0.25) is 5.91 Å². The highest BCUT2D eigenvalue weighted by Gasteiger charge is 2.06. The van der Waals surface area contributed by atoms with Gasteiger partial charge in [-0.3, -0.25) is 4.79 Å². The average Bonchev–Trinajstić information content (AvgIpc) is 2.68. The molecule has 0 spiro atoms. The first-order valence-electron chi connectivity index (χ1n) is 9.11. The third kappa shape index (κ3) is 7.49. The maximum absolute atomic E-state index is 11.9. The molecule has 0 saturated carbocycles. The van der Waals surface area contributed by atoms with Crippen LogP contribution in [0.3, 0.4) is 0 Å². The zero-order valence-corrected chi connectivity index (χ0v) is 16.6. The van der Waals surface area contributed by atoms with Crippen molar-refractivity contribution in [2.75, 3.05) is 32.1 Å². The fourth-order valence-electron chi connectivity index (χ4n) is 2.60. The highest BCUT2D eigenvalue weighted by atomic mass is 35.5. The molecule has 0 aliphatic carbocycles. The van der Waals surface area contributed by atoms with Gasteiger partial charge in [-0.1, -0.05) is 41.9 Å². The molecular weight excluding hydrogens is 364 g/mol. The summed E-state index contributed by atoms with van der Waals surface area (Å²) in [6, 6.07) is 15.4. The fraction of sp³-hybridized carbons (Fsp3) is 0.381. The average molecular weight is 391 g/mol. The Kier molecular flexibility index (Phi) is 8.95. The van der Waals surface area contributed by atoms with Crippen molar-refractivity contribution in [3.63, 3.8) is 0 Å². The molecule has 6 heteroatoms. The number of benzene rings is 2. The first-order valence-corrected chi connectivity index (χ1v) is 9.48. The van der Waals surface area contributed by atoms with Crippen LogP contribution in [0.5, 0.6) is 5.75 Å². The third-order valence-electron chi connectivity index (χ3n) is 4.11. The molecule has 2 aromatic carbocycles. The van der Waals surface area contributed by atoms with Crippen molar-refractivity contribution < 1.29 is 14.3 Å². The molecule has 0 saturated heterocycles. The molecule has 1 atom stereocenters. The molecule has 1 unspecified atom stereocenters. The van der Waals surface area contributed by atoms with Crippen LogP contribution < -0.4 is 15.4 Å². The molecule has 0 aliphatic rings. The van der Waals surface area contributed by atoms with E-state index in [4.69, 9.17) is 21.1 Å². The van der Waals surface area contributed by atoms with Crippen LogP contribution in [0.25, 0.3) is 0 Å². The maximum atomic E-state index is 11.9. The van der Waals surface area contributed by atoms with Gasteiger partial charge in [0, 0.05) is 31.1 Å². The SMILES string of the molecule is COc1ccc(Cl)cc1NCCC(=O)NCCCOC(C)c1ccccc1. The zero-order valence-electron chi connectivity index (χ0n) is 15.8. The van der Waals surface area contributed by atoms with Gasteiger partial charge in [0.25, 0.3) is 0 Å². The Labute approximate surface area is 166 Å². The van der Waals surface area contributed by atoms with Crippen molar-refractivity contribution >= 4 is 23.2 Å². The largest absolute Gasteiger partial charge is 0.495 e. The van der Waals surface area contributed by atoms with E-state index in [2.05, 4.69) is 10.6 Å². The minimum absolute atomic E-state index is 0.000368. The van der Waals surface area contributed by atoms with Gasteiger partial charge in [-0.25, -0.2) is 0 Å². The van der Waals surface area contributed by atoms with Crippen molar-refractivity contribution in [3.8, 4) is 5.75 Å². The van der Waals surface area contributed by atoms with Crippen LogP contribution in [-0.4, -0.2) is 32.7 Å². The number of ether oxygens (including phenoxy) is 2. The van der Waals surface area contributed by atoms with Gasteiger partial charge in [-0.15, -0.1) is 0 Å². The summed E-state index contributed by atoms with van der Waals surface area (Å²) in [5.41, 5.74) is 1.94. The van der Waals surface area contributed by atoms with E-state index in [0.29, 0.717) is 36.9 Å². The second kappa shape index (κ2) is 11.5. The quantitative estimate of drug-likeness (QED) is 0.557. The van der Waals surface area contributed by atoms with Crippen molar-refractivity contribution in [2.45, 2.75) is 25.9 Å². The fourth-order valence-corrected chi connectivity index (χ4v) is 2.77. The Morgan fingerprint density at radius 2 is 1.93 bits per heavy atom. The lowest BCUT2D eigenvalue weighted by Crippen LogP contribution is -2.27. The van der Waals surface area contributed by atoms with Gasteiger partial charge in [-0.05, 0) is 37.1 Å². The number of rotatable bonds is 11. The first kappa shape index (κ1) is 21.1. The molecule has 0 radical (unpaired) electrons. The molecule has 0 aliphatic heterocycles. The number of carbonyl (C=O) groups is 1. The topological polar surface area (TPSA) is 59.6 Å². The lowest BCUT2D eigenvalue weighted by molar-refractivity contribution is -0.120. The van der Waals surface area contributed by atoms with Gasteiger partial charge >= 0.3 is 0 Å². The maximum Gasteiger partial charge on any atom is 0.221 e. The summed E-state index contributed by atoms with van der Waals surface area (Å²) in [4.78, 5) is 11.9. The van der Waals surface area contributed by atoms with Crippen LogP contribution in [-0.2, 0) is 9.53 Å². The van der Waals surface area contributed by atoms with Crippen molar-refractivity contribution in [1.82, 2.24) is 5.32 Å². The first-order chi connectivity index (χ1) is 13.1. The third-order valence-corrected chi connectivity index (χ3v) is 4.34. The predicted molar refractivity (Wildman–Crippen MR) is 110 cm³/mol. The van der Waals surface area contributed by atoms with Crippen LogP contribution in [0.15, 0.2) is 48.5 Å². The van der Waals surface area contributed by atoms with Crippen LogP contribution >= 0.6 is 11.6 Å². The predicted octanol–water partition coefficient (Wildman–Crippen LogP) is 4.43. The molecule has 2 N–H and O–H groups in total. The zero-order chi connectivity index (χ0) is 19.5. The number of nitrogens with one attached hydrogen (secondary N) is 2. The number of amides is 1. The van der Waals surface area contributed by atoms with Crippen LogP contribution in [0.4, 0.5) is 5.69 Å². The number of carbonyl (C=O) groups excluding carboxylic acids is 1. The van der Waals surface area contributed by atoms with E-state index >= 15 is 0 Å². The van der Waals surface area contributed by atoms with E-state index in [1.54, 1.807) is 25.3 Å². The van der Waals surface area contributed by atoms with E-state index in [1.165, 1.54) is 0 Å². The van der Waals surface area contributed by atoms with Gasteiger partial charge < -0.3 is 20.1 Å². The van der Waals surface area contributed by atoms with E-state index < -0.39 is 0 Å². The van der Waals surface area contributed by atoms with Gasteiger partial charge in [0.1, 0.15) is 5.75 Å². The highest BCUT2D eigenvalue weighted by Crippen LogP contribution is 2.27. The monoisotopic (exact) mass is 390 g/mol. The molecular formula is C21H27ClN2O3. The molecule has 0 bridgehead atoms. The number of methoxy groups -OCH3 is 1. The molecule has 5 nitrogen and oxygen atoms in total. The van der Waals surface area contributed by atoms with Crippen molar-refractivity contribution in [3.05, 3.63) is 59.1 Å². The summed E-state index contributed by atoms with van der Waals surface area (Å²) in [5, 5.41) is 6.70. The van der Waals surface area contributed by atoms with E-state index in [0.717, 1.165) is 17.7 Å². The normalized spacial score (nSPS) is 11.7. The number of hydrogen-bond acceptors (Lipinski definition) is 4. The second-order valence-electron chi connectivity index (χ2n) is 6.15. The van der Waals surface area contributed by atoms with Gasteiger partial charge in [-0.2, -0.15) is 0 Å². The Hall–Kier alpha value is -2.24. The standard InChI is InChI=1S/C21H27ClN2O3/c1-16(17-7-4-3-5-8-17)27-14-6-12-24-21(25)11-13-23-19-15-18(22)9-10-20(19)26-2/h3-5,7-10,15-16,23H,6,11-14H2,1-2H3,(H,24,25). The molecule has 1 amide bonds. The lowest BCUT2D eigenvalue weighted by Gasteiger charge is -2.14. The van der Waals surface area contributed by atoms with Gasteiger partial charge in [0.15, 0.2) is 0 Å². The van der Waals surface area contributed by atoms with Crippen molar-refractivity contribution in [1.29, 1.82) is 0 Å². The lowest BCUT2D eigenvalue weighted by atomic mass is 10.1. The van der Waals surface area contributed by atoms with E-state index in [-0.39, 0.29) is 12.0 Å². The molecule has 2 aromatic rings. The molecule has 2 rings (SSSR count). The highest BCUT2D eigenvalue weighted by molar-refractivity contribution is 6.30. The Bertz CT molecular complexity index is 710.